The minimum Gasteiger partial charge on any atom is -0.496 e. The number of methoxy groups -OCH3 is 1. The standard InChI is InChI=1S/C18H28N2O/c1-14-12-15(8-9-18(14)21-2)13-20-11-4-3-7-17(20)16-6-5-10-19-16/h8-9,12,16-17,19H,3-7,10-11,13H2,1-2H3. The van der Waals surface area contributed by atoms with Crippen molar-refractivity contribution in [1.82, 2.24) is 10.2 Å². The van der Waals surface area contributed by atoms with Crippen LogP contribution in [0.1, 0.15) is 43.2 Å². The molecule has 0 spiro atoms. The van der Waals surface area contributed by atoms with Crippen LogP contribution in [0, 0.1) is 6.92 Å². The minimum atomic E-state index is 0.713. The molecular formula is C18H28N2O. The van der Waals surface area contributed by atoms with Gasteiger partial charge in [0.1, 0.15) is 5.75 Å². The number of ether oxygens (including phenoxy) is 1. The average Bonchev–Trinajstić information content (AvgIpc) is 3.02. The van der Waals surface area contributed by atoms with Crippen molar-refractivity contribution in [2.75, 3.05) is 20.2 Å². The molecule has 0 aromatic heterocycles. The van der Waals surface area contributed by atoms with Crippen molar-refractivity contribution in [1.29, 1.82) is 0 Å². The Hall–Kier alpha value is -1.06. The summed E-state index contributed by atoms with van der Waals surface area (Å²) in [4.78, 5) is 2.70. The lowest BCUT2D eigenvalue weighted by molar-refractivity contribution is 0.112. The molecule has 2 aliphatic heterocycles. The van der Waals surface area contributed by atoms with Crippen LogP contribution in [0.5, 0.6) is 5.75 Å². The third-order valence-corrected chi connectivity index (χ3v) is 5.07. The lowest BCUT2D eigenvalue weighted by Crippen LogP contribution is -2.49. The van der Waals surface area contributed by atoms with Crippen molar-refractivity contribution < 1.29 is 4.74 Å². The van der Waals surface area contributed by atoms with Gasteiger partial charge in [-0.2, -0.15) is 0 Å². The maximum atomic E-state index is 5.37. The molecule has 3 rings (SSSR count). The van der Waals surface area contributed by atoms with Crippen LogP contribution in [0.3, 0.4) is 0 Å². The van der Waals surface area contributed by atoms with Crippen LogP contribution in [0.2, 0.25) is 0 Å². The Labute approximate surface area is 128 Å². The van der Waals surface area contributed by atoms with E-state index in [0.29, 0.717) is 6.04 Å². The lowest BCUT2D eigenvalue weighted by atomic mass is 9.94. The molecule has 1 aromatic carbocycles. The fraction of sp³-hybridized carbons (Fsp3) is 0.667. The minimum absolute atomic E-state index is 0.713. The summed E-state index contributed by atoms with van der Waals surface area (Å²) in [5.74, 6) is 0.992. The summed E-state index contributed by atoms with van der Waals surface area (Å²) in [5, 5.41) is 3.71. The van der Waals surface area contributed by atoms with Gasteiger partial charge in [0.2, 0.25) is 0 Å². The summed E-state index contributed by atoms with van der Waals surface area (Å²) >= 11 is 0. The number of piperidine rings is 1. The Bertz CT molecular complexity index is 468. The third kappa shape index (κ3) is 3.41. The first-order chi connectivity index (χ1) is 10.3. The van der Waals surface area contributed by atoms with Crippen molar-refractivity contribution >= 4 is 0 Å². The molecule has 116 valence electrons. The van der Waals surface area contributed by atoms with Gasteiger partial charge in [-0.3, -0.25) is 4.90 Å². The van der Waals surface area contributed by atoms with E-state index in [9.17, 15) is 0 Å². The molecule has 2 aliphatic rings. The first kappa shape index (κ1) is 14.9. The number of likely N-dealkylation sites (tertiary alicyclic amines) is 1. The average molecular weight is 288 g/mol. The second kappa shape index (κ2) is 6.80. The molecule has 0 saturated carbocycles. The summed E-state index contributed by atoms with van der Waals surface area (Å²) in [6, 6.07) is 8.05. The number of nitrogens with one attached hydrogen (secondary N) is 1. The second-order valence-corrected chi connectivity index (χ2v) is 6.54. The van der Waals surface area contributed by atoms with Crippen molar-refractivity contribution in [3.8, 4) is 5.75 Å². The van der Waals surface area contributed by atoms with E-state index in [2.05, 4.69) is 35.3 Å². The SMILES string of the molecule is COc1ccc(CN2CCCCC2C2CCCN2)cc1C. The Morgan fingerprint density at radius 2 is 2.14 bits per heavy atom. The molecule has 2 atom stereocenters. The van der Waals surface area contributed by atoms with Gasteiger partial charge in [-0.1, -0.05) is 18.6 Å². The molecule has 0 aliphatic carbocycles. The first-order valence-electron chi connectivity index (χ1n) is 8.39. The lowest BCUT2D eigenvalue weighted by Gasteiger charge is -2.39. The van der Waals surface area contributed by atoms with Crippen LogP contribution in [0.25, 0.3) is 0 Å². The molecule has 2 unspecified atom stereocenters. The second-order valence-electron chi connectivity index (χ2n) is 6.54. The highest BCUT2D eigenvalue weighted by atomic mass is 16.5. The Balaban J connectivity index is 1.70. The molecule has 21 heavy (non-hydrogen) atoms. The monoisotopic (exact) mass is 288 g/mol. The van der Waals surface area contributed by atoms with Crippen LogP contribution >= 0.6 is 0 Å². The summed E-state index contributed by atoms with van der Waals surface area (Å²) < 4.78 is 5.37. The van der Waals surface area contributed by atoms with Crippen molar-refractivity contribution in [3.63, 3.8) is 0 Å². The van der Waals surface area contributed by atoms with Crippen molar-refractivity contribution in [2.45, 2.75) is 57.7 Å². The highest BCUT2D eigenvalue weighted by Gasteiger charge is 2.31. The van der Waals surface area contributed by atoms with Gasteiger partial charge in [0.15, 0.2) is 0 Å². The Morgan fingerprint density at radius 3 is 2.86 bits per heavy atom. The van der Waals surface area contributed by atoms with Crippen molar-refractivity contribution in [2.24, 2.45) is 0 Å². The number of hydrogen-bond donors (Lipinski definition) is 1. The van der Waals surface area contributed by atoms with Gasteiger partial charge < -0.3 is 10.1 Å². The summed E-state index contributed by atoms with van der Waals surface area (Å²) in [5.41, 5.74) is 2.65. The molecule has 0 amide bonds. The molecule has 0 bridgehead atoms. The fourth-order valence-electron chi connectivity index (χ4n) is 3.98. The number of benzene rings is 1. The van der Waals surface area contributed by atoms with Gasteiger partial charge in [-0.05, 0) is 62.9 Å². The largest absolute Gasteiger partial charge is 0.496 e. The van der Waals surface area contributed by atoms with Crippen LogP contribution < -0.4 is 10.1 Å². The zero-order valence-electron chi connectivity index (χ0n) is 13.4. The highest BCUT2D eigenvalue weighted by molar-refractivity contribution is 5.36. The topological polar surface area (TPSA) is 24.5 Å². The molecular weight excluding hydrogens is 260 g/mol. The van der Waals surface area contributed by atoms with Crippen LogP contribution in [0.4, 0.5) is 0 Å². The number of rotatable bonds is 4. The Morgan fingerprint density at radius 1 is 1.24 bits per heavy atom. The van der Waals surface area contributed by atoms with E-state index in [4.69, 9.17) is 4.74 Å². The summed E-state index contributed by atoms with van der Waals surface area (Å²) in [7, 11) is 1.74. The van der Waals surface area contributed by atoms with E-state index in [1.807, 2.05) is 0 Å². The molecule has 1 aromatic rings. The van der Waals surface area contributed by atoms with E-state index < -0.39 is 0 Å². The highest BCUT2D eigenvalue weighted by Crippen LogP contribution is 2.27. The molecule has 0 radical (unpaired) electrons. The van der Waals surface area contributed by atoms with E-state index in [0.717, 1.165) is 18.3 Å². The van der Waals surface area contributed by atoms with Crippen molar-refractivity contribution in [3.05, 3.63) is 29.3 Å². The number of nitrogens with zero attached hydrogens (tertiary/aromatic N) is 1. The van der Waals surface area contributed by atoms with E-state index >= 15 is 0 Å². The molecule has 3 heteroatoms. The first-order valence-corrected chi connectivity index (χ1v) is 8.39. The summed E-state index contributed by atoms with van der Waals surface area (Å²) in [6.07, 6.45) is 6.78. The van der Waals surface area contributed by atoms with Crippen LogP contribution in [-0.4, -0.2) is 37.2 Å². The quantitative estimate of drug-likeness (QED) is 0.921. The van der Waals surface area contributed by atoms with Gasteiger partial charge in [-0.25, -0.2) is 0 Å². The van der Waals surface area contributed by atoms with Gasteiger partial charge >= 0.3 is 0 Å². The van der Waals surface area contributed by atoms with Gasteiger partial charge in [-0.15, -0.1) is 0 Å². The smallest absolute Gasteiger partial charge is 0.121 e. The van der Waals surface area contributed by atoms with Gasteiger partial charge in [0.05, 0.1) is 7.11 Å². The predicted octanol–water partition coefficient (Wildman–Crippen LogP) is 3.11. The molecule has 2 saturated heterocycles. The normalized spacial score (nSPS) is 27.0. The van der Waals surface area contributed by atoms with E-state index in [1.54, 1.807) is 7.11 Å². The molecule has 1 N–H and O–H groups in total. The fourth-order valence-corrected chi connectivity index (χ4v) is 3.98. The van der Waals surface area contributed by atoms with E-state index in [1.165, 1.54) is 56.3 Å². The summed E-state index contributed by atoms with van der Waals surface area (Å²) in [6.45, 7) is 5.66. The number of hydrogen-bond acceptors (Lipinski definition) is 3. The number of aryl methyl sites for hydroxylation is 1. The van der Waals surface area contributed by atoms with Crippen LogP contribution in [-0.2, 0) is 6.54 Å². The van der Waals surface area contributed by atoms with Gasteiger partial charge in [0.25, 0.3) is 0 Å². The molecule has 2 heterocycles. The Kier molecular flexibility index (Phi) is 4.81. The van der Waals surface area contributed by atoms with Crippen LogP contribution in [0.15, 0.2) is 18.2 Å². The zero-order chi connectivity index (χ0) is 14.7. The molecule has 3 nitrogen and oxygen atoms in total. The zero-order valence-corrected chi connectivity index (χ0v) is 13.4. The predicted molar refractivity (Wildman–Crippen MR) is 86.8 cm³/mol. The maximum absolute atomic E-state index is 5.37. The van der Waals surface area contributed by atoms with Gasteiger partial charge in [0, 0.05) is 18.6 Å². The van der Waals surface area contributed by atoms with E-state index in [-0.39, 0.29) is 0 Å². The molecule has 2 fully saturated rings. The third-order valence-electron chi connectivity index (χ3n) is 5.07. The maximum Gasteiger partial charge on any atom is 0.121 e.